The van der Waals surface area contributed by atoms with Crippen LogP contribution >= 0.6 is 0 Å². The van der Waals surface area contributed by atoms with Gasteiger partial charge < -0.3 is 48.4 Å². The second-order valence-electron chi connectivity index (χ2n) is 27.1. The number of ether oxygens (including phenoxy) is 6. The minimum absolute atomic E-state index is 0.00257. The van der Waals surface area contributed by atoms with Crippen LogP contribution in [0.15, 0.2) is 230 Å². The monoisotopic (exact) mass is 1330 g/mol. The van der Waals surface area contributed by atoms with E-state index in [1.165, 1.54) is 67.8 Å². The van der Waals surface area contributed by atoms with E-state index < -0.39 is 0 Å². The highest BCUT2D eigenvalue weighted by Gasteiger charge is 2.43. The van der Waals surface area contributed by atoms with Gasteiger partial charge in [-0.2, -0.15) is 9.15 Å². The van der Waals surface area contributed by atoms with Gasteiger partial charge in [0.1, 0.15) is 56.9 Å². The fourth-order valence-electron chi connectivity index (χ4n) is 13.8. The van der Waals surface area contributed by atoms with E-state index in [-0.39, 0.29) is 21.7 Å². The number of likely N-dealkylation sites (N-methyl/N-ethyl adjacent to an activating group) is 3. The zero-order valence-corrected chi connectivity index (χ0v) is 62.0. The summed E-state index contributed by atoms with van der Waals surface area (Å²) in [5.74, 6) is 4.83. The van der Waals surface area contributed by atoms with Gasteiger partial charge in [-0.25, -0.2) is 9.15 Å². The molecule has 4 heterocycles. The van der Waals surface area contributed by atoms with Crippen LogP contribution in [-0.4, -0.2) is 135 Å². The lowest BCUT2D eigenvalue weighted by Gasteiger charge is -2.23. The molecule has 12 rings (SSSR count). The summed E-state index contributed by atoms with van der Waals surface area (Å²) in [7, 11) is 24.7. The first kappa shape index (κ1) is 72.7. The van der Waals surface area contributed by atoms with Crippen molar-refractivity contribution >= 4 is 69.9 Å². The number of hydrogen-bond donors (Lipinski definition) is 1. The maximum absolute atomic E-state index is 5.52. The van der Waals surface area contributed by atoms with E-state index in [4.69, 9.17) is 28.4 Å². The van der Waals surface area contributed by atoms with E-state index in [0.717, 1.165) is 57.2 Å². The molecular weight excluding hydrogens is 1230 g/mol. The molecule has 0 saturated heterocycles. The van der Waals surface area contributed by atoms with Crippen molar-refractivity contribution in [1.82, 2.24) is 0 Å². The highest BCUT2D eigenvalue weighted by molar-refractivity contribution is 6.03. The average molecular weight is 1330 g/mol. The van der Waals surface area contributed by atoms with Gasteiger partial charge in [-0.1, -0.05) is 114 Å². The Bertz CT molecular complexity index is 4330. The number of allylic oxidation sites excluding steroid dienone is 7. The molecule has 4 aliphatic heterocycles. The van der Waals surface area contributed by atoms with Crippen LogP contribution in [0.2, 0.25) is 0 Å². The Morgan fingerprint density at radius 3 is 1.12 bits per heavy atom. The first-order valence-corrected chi connectivity index (χ1v) is 33.5. The quantitative estimate of drug-likeness (QED) is 0.0791. The fraction of sp³-hybridized carbons (Fsp3) is 0.294. The maximum atomic E-state index is 5.52. The van der Waals surface area contributed by atoms with Gasteiger partial charge in [-0.15, -0.1) is 0 Å². The number of benzene rings is 8. The summed E-state index contributed by atoms with van der Waals surface area (Å²) in [6.45, 7) is 18.2. The van der Waals surface area contributed by atoms with Crippen molar-refractivity contribution in [3.05, 3.63) is 252 Å². The van der Waals surface area contributed by atoms with Crippen molar-refractivity contribution in [2.24, 2.45) is 0 Å². The lowest BCUT2D eigenvalue weighted by Crippen LogP contribution is -2.26. The smallest absolute Gasteiger partial charge is 0.247 e. The molecule has 8 aromatic rings. The van der Waals surface area contributed by atoms with Gasteiger partial charge in [0.2, 0.25) is 22.7 Å². The van der Waals surface area contributed by atoms with E-state index in [0.29, 0.717) is 0 Å². The molecular formula is C85H102N8O6+4. The summed E-state index contributed by atoms with van der Waals surface area (Å²) >= 11 is 0. The van der Waals surface area contributed by atoms with Crippen molar-refractivity contribution in [3.8, 4) is 34.5 Å². The zero-order valence-electron chi connectivity index (χ0n) is 62.0. The molecule has 514 valence electrons. The second-order valence-corrected chi connectivity index (χ2v) is 27.1. The van der Waals surface area contributed by atoms with E-state index in [9.17, 15) is 0 Å². The van der Waals surface area contributed by atoms with Gasteiger partial charge in [-0.05, 0) is 91.2 Å². The molecule has 4 aliphatic rings. The molecule has 1 N–H and O–H groups in total. The van der Waals surface area contributed by atoms with E-state index in [1.54, 1.807) is 42.7 Å². The number of para-hydroxylation sites is 4. The molecule has 0 spiro atoms. The van der Waals surface area contributed by atoms with Crippen molar-refractivity contribution in [3.63, 3.8) is 0 Å². The van der Waals surface area contributed by atoms with Crippen LogP contribution in [0.25, 0.3) is 0 Å². The van der Waals surface area contributed by atoms with Crippen LogP contribution in [-0.2, 0) is 21.7 Å². The Labute approximate surface area is 589 Å². The third-order valence-electron chi connectivity index (χ3n) is 19.7. The summed E-state index contributed by atoms with van der Waals surface area (Å²) in [4.78, 5) is 6.84. The van der Waals surface area contributed by atoms with Gasteiger partial charge in [0.05, 0.1) is 53.8 Å². The number of nitrogens with one attached hydrogen (secondary N) is 1. The summed E-state index contributed by atoms with van der Waals surface area (Å²) in [5, 5.41) is 3.32. The Hall–Kier alpha value is -10.6. The third kappa shape index (κ3) is 15.3. The molecule has 14 heteroatoms. The zero-order chi connectivity index (χ0) is 71.6. The average Bonchev–Trinajstić information content (AvgIpc) is 1.63. The maximum Gasteiger partial charge on any atom is 0.247 e. The Morgan fingerprint density at radius 2 is 0.737 bits per heavy atom. The largest absolute Gasteiger partial charge is 0.497 e. The predicted octanol–water partition coefficient (Wildman–Crippen LogP) is 17.4. The Morgan fingerprint density at radius 1 is 0.384 bits per heavy atom. The van der Waals surface area contributed by atoms with Crippen LogP contribution in [0.1, 0.15) is 77.6 Å². The molecule has 99 heavy (non-hydrogen) atoms. The summed E-state index contributed by atoms with van der Waals surface area (Å²) in [5.41, 5.74) is 19.7. The Balaban J connectivity index is 0.000000154. The molecule has 0 radical (unpaired) electrons. The topological polar surface area (TPSA) is 89.2 Å². The number of anilines is 4. The first-order chi connectivity index (χ1) is 47.3. The third-order valence-corrected chi connectivity index (χ3v) is 19.7. The molecule has 0 saturated carbocycles. The van der Waals surface area contributed by atoms with Gasteiger partial charge in [0, 0.05) is 156 Å². The summed E-state index contributed by atoms with van der Waals surface area (Å²) in [6.07, 6.45) is 17.0. The van der Waals surface area contributed by atoms with E-state index in [1.807, 2.05) is 73.9 Å². The van der Waals surface area contributed by atoms with Crippen LogP contribution in [0.5, 0.6) is 34.5 Å². The van der Waals surface area contributed by atoms with Crippen LogP contribution < -0.4 is 48.4 Å². The van der Waals surface area contributed by atoms with E-state index in [2.05, 4.69) is 300 Å². The van der Waals surface area contributed by atoms with Crippen molar-refractivity contribution in [1.29, 1.82) is 0 Å². The second kappa shape index (κ2) is 30.9. The molecule has 0 unspecified atom stereocenters. The summed E-state index contributed by atoms with van der Waals surface area (Å²) < 4.78 is 40.5. The van der Waals surface area contributed by atoms with Crippen molar-refractivity contribution in [2.75, 3.05) is 112 Å². The number of nitrogens with zero attached hydrogens (tertiary/aromatic N) is 7. The molecule has 0 amide bonds. The standard InChI is InChI=1S/C22H27N2O2.C21H24N2O2.2C21H25N2O/c1-22(2)17-9-7-8-10-18(17)24(4)21(22)13-14-23(3)19-12-11-16(25-5)15-20(19)26-6;1-21(2)16-8-6-7-9-18(16)23(3)20(21)12-13-22-17-11-10-15(24-4)14-19(17)25-5;2*1-21(2)18-8-6-7-9-19(18)23(4)20(21)14-15-22(3)16-10-12-17(24-5)13-11-16/h7-15H,1-6H3;6-14H,1-5H3;2*6-15H,1-5H3/q+1;;2*+1/p+1. The van der Waals surface area contributed by atoms with Gasteiger partial charge in [0.15, 0.2) is 30.1 Å². The SMILES string of the molecule is COc1ccc(N/C=C/C2=[N+](C)c3ccccc3C2(C)C)c(OC)c1.COc1ccc([N+](C)=CC=C2N(C)c3ccccc3C2(C)C)c(OC)c1.COc1ccc([N+](C)=CC=C2N(C)c3ccccc3C2(C)C)cc1.COc1ccc([N+](C)=CC=C2N(C)c3ccccc3C2(C)C)cc1. The van der Waals surface area contributed by atoms with Gasteiger partial charge in [0.25, 0.3) is 0 Å². The number of rotatable bonds is 15. The van der Waals surface area contributed by atoms with Crippen LogP contribution in [0, 0.1) is 0 Å². The molecule has 0 fully saturated rings. The van der Waals surface area contributed by atoms with Crippen LogP contribution in [0.3, 0.4) is 0 Å². The molecule has 0 atom stereocenters. The Kier molecular flexibility index (Phi) is 22.7. The molecule has 8 aromatic carbocycles. The highest BCUT2D eigenvalue weighted by Crippen LogP contribution is 2.49. The molecule has 14 nitrogen and oxygen atoms in total. The molecule has 0 bridgehead atoms. The van der Waals surface area contributed by atoms with Crippen LogP contribution in [0.4, 0.5) is 45.5 Å². The molecule has 0 aliphatic carbocycles. The lowest BCUT2D eigenvalue weighted by atomic mass is 9.81. The predicted molar refractivity (Wildman–Crippen MR) is 412 cm³/mol. The lowest BCUT2D eigenvalue weighted by molar-refractivity contribution is -0.401. The minimum Gasteiger partial charge on any atom is -0.497 e. The van der Waals surface area contributed by atoms with Crippen molar-refractivity contribution in [2.45, 2.75) is 77.0 Å². The van der Waals surface area contributed by atoms with Gasteiger partial charge >= 0.3 is 0 Å². The van der Waals surface area contributed by atoms with E-state index >= 15 is 0 Å². The molecule has 0 aromatic heterocycles. The number of fused-ring (bicyclic) bond motifs is 4. The highest BCUT2D eigenvalue weighted by atomic mass is 16.5. The normalized spacial score (nSPS) is 17.2. The minimum atomic E-state index is -0.0350. The fourth-order valence-corrected chi connectivity index (χ4v) is 13.8. The number of hydrogen-bond acceptors (Lipinski definition) is 10. The number of methoxy groups -OCH3 is 6. The van der Waals surface area contributed by atoms with Gasteiger partial charge in [-0.3, -0.25) is 0 Å². The summed E-state index contributed by atoms with van der Waals surface area (Å²) in [6, 6.07) is 62.1. The first-order valence-electron chi connectivity index (χ1n) is 33.5. The van der Waals surface area contributed by atoms with Crippen molar-refractivity contribution < 1.29 is 46.7 Å².